The van der Waals surface area contributed by atoms with Crippen LogP contribution >= 0.6 is 22.9 Å². The maximum atomic E-state index is 13.3. The smallest absolute Gasteiger partial charge is 0.260 e. The molecule has 0 spiro atoms. The molecule has 8 heteroatoms. The van der Waals surface area contributed by atoms with Crippen LogP contribution in [0.25, 0.3) is 10.2 Å². The lowest BCUT2D eigenvalue weighted by Crippen LogP contribution is -2.30. The number of anilines is 1. The maximum Gasteiger partial charge on any atom is 0.260 e. The lowest BCUT2D eigenvalue weighted by atomic mass is 10.2. The van der Waals surface area contributed by atoms with Crippen LogP contribution in [0, 0.1) is 0 Å². The molecule has 0 saturated carbocycles. The molecule has 0 N–H and O–H groups in total. The molecule has 148 valence electrons. The lowest BCUT2D eigenvalue weighted by molar-refractivity contribution is 0.0983. The molecule has 2 aromatic heterocycles. The van der Waals surface area contributed by atoms with E-state index in [1.807, 2.05) is 6.07 Å². The topological polar surface area (TPSA) is 64.8 Å². The van der Waals surface area contributed by atoms with Crippen LogP contribution in [0.5, 0.6) is 11.5 Å². The molecular weight excluding hydrogens is 412 g/mol. The summed E-state index contributed by atoms with van der Waals surface area (Å²) in [6.07, 6.45) is 1.57. The molecule has 2 heterocycles. The molecule has 29 heavy (non-hydrogen) atoms. The van der Waals surface area contributed by atoms with E-state index < -0.39 is 0 Å². The number of fused-ring (bicyclic) bond motifs is 1. The first kappa shape index (κ1) is 19.3. The highest BCUT2D eigenvalue weighted by molar-refractivity contribution is 7.23. The van der Waals surface area contributed by atoms with Crippen molar-refractivity contribution in [1.29, 1.82) is 0 Å². The van der Waals surface area contributed by atoms with Gasteiger partial charge in [0.25, 0.3) is 5.91 Å². The first-order valence-corrected chi connectivity index (χ1v) is 9.91. The Morgan fingerprint density at radius 3 is 2.59 bits per heavy atom. The van der Waals surface area contributed by atoms with Crippen molar-refractivity contribution in [3.8, 4) is 11.5 Å². The van der Waals surface area contributed by atoms with E-state index in [2.05, 4.69) is 4.98 Å². The Bertz CT molecular complexity index is 1140. The zero-order chi connectivity index (χ0) is 20.4. The number of rotatable bonds is 6. The Morgan fingerprint density at radius 2 is 1.93 bits per heavy atom. The van der Waals surface area contributed by atoms with Gasteiger partial charge in [0, 0.05) is 5.56 Å². The van der Waals surface area contributed by atoms with E-state index in [1.165, 1.54) is 11.3 Å². The summed E-state index contributed by atoms with van der Waals surface area (Å²) < 4.78 is 16.8. The highest BCUT2D eigenvalue weighted by Gasteiger charge is 2.24. The third-order valence-electron chi connectivity index (χ3n) is 4.37. The van der Waals surface area contributed by atoms with Crippen LogP contribution in [0.15, 0.2) is 59.2 Å². The van der Waals surface area contributed by atoms with Crippen molar-refractivity contribution < 1.29 is 18.7 Å². The van der Waals surface area contributed by atoms with E-state index in [9.17, 15) is 4.79 Å². The molecule has 1 amide bonds. The van der Waals surface area contributed by atoms with Gasteiger partial charge in [-0.3, -0.25) is 9.69 Å². The molecule has 2 aromatic carbocycles. The number of halogens is 1. The number of carbonyl (C=O) groups excluding carboxylic acids is 1. The molecule has 0 saturated heterocycles. The number of carbonyl (C=O) groups is 1. The molecule has 4 aromatic rings. The average Bonchev–Trinajstić information content (AvgIpc) is 3.42. The fourth-order valence-corrected chi connectivity index (χ4v) is 4.15. The summed E-state index contributed by atoms with van der Waals surface area (Å²) >= 11 is 7.69. The summed E-state index contributed by atoms with van der Waals surface area (Å²) in [4.78, 5) is 19.6. The van der Waals surface area contributed by atoms with Crippen LogP contribution < -0.4 is 14.4 Å². The Hall–Kier alpha value is -3.03. The van der Waals surface area contributed by atoms with E-state index in [4.69, 9.17) is 25.5 Å². The van der Waals surface area contributed by atoms with Crippen molar-refractivity contribution in [3.05, 3.63) is 71.1 Å². The van der Waals surface area contributed by atoms with Crippen molar-refractivity contribution in [2.24, 2.45) is 0 Å². The molecule has 0 aliphatic heterocycles. The Balaban J connectivity index is 1.79. The number of hydrogen-bond donors (Lipinski definition) is 0. The zero-order valence-electron chi connectivity index (χ0n) is 15.7. The van der Waals surface area contributed by atoms with Gasteiger partial charge < -0.3 is 13.9 Å². The number of furan rings is 1. The molecule has 0 aliphatic rings. The molecule has 6 nitrogen and oxygen atoms in total. The molecule has 0 unspecified atom stereocenters. The fraction of sp³-hybridized carbons (Fsp3) is 0.143. The van der Waals surface area contributed by atoms with Crippen molar-refractivity contribution in [2.45, 2.75) is 6.54 Å². The molecular formula is C21H17ClN2O4S. The van der Waals surface area contributed by atoms with Crippen molar-refractivity contribution in [3.63, 3.8) is 0 Å². The zero-order valence-corrected chi connectivity index (χ0v) is 17.3. The third kappa shape index (κ3) is 3.79. The van der Waals surface area contributed by atoms with Crippen LogP contribution in [0.4, 0.5) is 5.13 Å². The van der Waals surface area contributed by atoms with E-state index in [0.717, 1.165) is 4.70 Å². The minimum Gasteiger partial charge on any atom is -0.497 e. The van der Waals surface area contributed by atoms with Crippen molar-refractivity contribution in [1.82, 2.24) is 4.98 Å². The number of thiazole rings is 1. The summed E-state index contributed by atoms with van der Waals surface area (Å²) in [7, 11) is 3.16. The SMILES string of the molecule is COc1ccc(C(=O)N(Cc2ccco2)c2nc3c(OC)ccc(Cl)c3s2)cc1. The molecule has 0 aliphatic carbocycles. The number of methoxy groups -OCH3 is 2. The van der Waals surface area contributed by atoms with Crippen LogP contribution in [0.1, 0.15) is 16.1 Å². The van der Waals surface area contributed by atoms with Crippen LogP contribution in [0.2, 0.25) is 5.02 Å². The molecule has 0 atom stereocenters. The molecule has 0 radical (unpaired) electrons. The Labute approximate surface area is 176 Å². The Kier molecular flexibility index (Phi) is 5.42. The van der Waals surface area contributed by atoms with Crippen LogP contribution in [-0.4, -0.2) is 25.1 Å². The normalized spacial score (nSPS) is 10.9. The van der Waals surface area contributed by atoms with Gasteiger partial charge in [0.2, 0.25) is 0 Å². The van der Waals surface area contributed by atoms with Gasteiger partial charge in [0.15, 0.2) is 5.13 Å². The summed E-state index contributed by atoms with van der Waals surface area (Å²) in [5.74, 6) is 1.71. The van der Waals surface area contributed by atoms with Gasteiger partial charge in [-0.05, 0) is 48.5 Å². The average molecular weight is 429 g/mol. The molecule has 4 rings (SSSR count). The van der Waals surface area contributed by atoms with E-state index >= 15 is 0 Å². The summed E-state index contributed by atoms with van der Waals surface area (Å²) in [6, 6.07) is 14.0. The second-order valence-corrected chi connectivity index (χ2v) is 7.51. The summed E-state index contributed by atoms with van der Waals surface area (Å²) in [5, 5.41) is 1.06. The minimum atomic E-state index is -0.210. The van der Waals surface area contributed by atoms with Crippen molar-refractivity contribution >= 4 is 44.2 Å². The number of ether oxygens (including phenoxy) is 2. The highest BCUT2D eigenvalue weighted by Crippen LogP contribution is 2.39. The third-order valence-corrected chi connectivity index (χ3v) is 5.91. The van der Waals surface area contributed by atoms with Gasteiger partial charge in [-0.25, -0.2) is 4.98 Å². The Morgan fingerprint density at radius 1 is 1.14 bits per heavy atom. The monoisotopic (exact) mass is 428 g/mol. The van der Waals surface area contributed by atoms with Gasteiger partial charge in [-0.1, -0.05) is 22.9 Å². The minimum absolute atomic E-state index is 0.210. The summed E-state index contributed by atoms with van der Waals surface area (Å²) in [6.45, 7) is 0.234. The number of aromatic nitrogens is 1. The summed E-state index contributed by atoms with van der Waals surface area (Å²) in [5.41, 5.74) is 1.13. The van der Waals surface area contributed by atoms with Gasteiger partial charge in [-0.2, -0.15) is 0 Å². The van der Waals surface area contributed by atoms with Crippen molar-refractivity contribution in [2.75, 3.05) is 19.1 Å². The number of nitrogens with zero attached hydrogens (tertiary/aromatic N) is 2. The second kappa shape index (κ2) is 8.14. The van der Waals surface area contributed by atoms with Crippen LogP contribution in [-0.2, 0) is 6.54 Å². The largest absolute Gasteiger partial charge is 0.497 e. The van der Waals surface area contributed by atoms with E-state index in [1.54, 1.807) is 67.8 Å². The van der Waals surface area contributed by atoms with E-state index in [-0.39, 0.29) is 12.5 Å². The van der Waals surface area contributed by atoms with Gasteiger partial charge in [-0.15, -0.1) is 0 Å². The fourth-order valence-electron chi connectivity index (χ4n) is 2.90. The quantitative estimate of drug-likeness (QED) is 0.411. The predicted octanol–water partition coefficient (Wildman–Crippen LogP) is 5.41. The van der Waals surface area contributed by atoms with Crippen LogP contribution in [0.3, 0.4) is 0 Å². The number of amides is 1. The molecule has 0 bridgehead atoms. The first-order valence-electron chi connectivity index (χ1n) is 8.72. The standard InChI is InChI=1S/C21H17ClN2O4S/c1-26-14-7-5-13(6-8-14)20(25)24(12-15-4-3-11-28-15)21-23-18-17(27-2)10-9-16(22)19(18)29-21/h3-11H,12H2,1-2H3. The van der Waals surface area contributed by atoms with E-state index in [0.29, 0.717) is 38.5 Å². The molecule has 0 fully saturated rings. The maximum absolute atomic E-state index is 13.3. The predicted molar refractivity (Wildman–Crippen MR) is 113 cm³/mol. The first-order chi connectivity index (χ1) is 14.1. The number of benzene rings is 2. The van der Waals surface area contributed by atoms with Gasteiger partial charge >= 0.3 is 0 Å². The number of hydrogen-bond acceptors (Lipinski definition) is 6. The van der Waals surface area contributed by atoms with Gasteiger partial charge in [0.05, 0.1) is 36.8 Å². The highest BCUT2D eigenvalue weighted by atomic mass is 35.5. The lowest BCUT2D eigenvalue weighted by Gasteiger charge is -2.19. The second-order valence-electron chi connectivity index (χ2n) is 6.12. The van der Waals surface area contributed by atoms with Gasteiger partial charge in [0.1, 0.15) is 22.8 Å².